The number of carbonyl (C=O) groups excluding carboxylic acids is 4. The van der Waals surface area contributed by atoms with E-state index in [0.717, 1.165) is 140 Å². The molecule has 27 nitrogen and oxygen atoms in total. The van der Waals surface area contributed by atoms with Crippen LogP contribution in [0.2, 0.25) is 10.0 Å². The number of likely N-dealkylation sites (N-methyl/N-ethyl adjacent to an activating group) is 5. The number of carbonyl (C=O) groups is 4. The van der Waals surface area contributed by atoms with E-state index < -0.39 is 21.5 Å². The van der Waals surface area contributed by atoms with Crippen LogP contribution in [0.4, 0.5) is 30.6 Å². The quantitative estimate of drug-likeness (QED) is 0.0302. The maximum Gasteiger partial charge on any atom is 0.534 e. The van der Waals surface area contributed by atoms with Gasteiger partial charge >= 0.3 is 15.6 Å². The van der Waals surface area contributed by atoms with Gasteiger partial charge in [0, 0.05) is 152 Å². The molecule has 8 heterocycles. The minimum absolute atomic E-state index is 0. The van der Waals surface area contributed by atoms with Crippen molar-refractivity contribution >= 4 is 86.4 Å². The van der Waals surface area contributed by atoms with Crippen LogP contribution in [0.15, 0.2) is 73.3 Å². The molecule has 0 radical (unpaired) electrons. The smallest absolute Gasteiger partial charge is 0.492 e. The number of aromatic nitrogens is 12. The number of Topliss-reactive ketones (excluding diaryl/α,β-unsaturated/α-hetero) is 3. The van der Waals surface area contributed by atoms with Crippen LogP contribution in [0.1, 0.15) is 186 Å². The molecule has 670 valence electrons. The molecule has 8 aromatic heterocycles. The fraction of sp³-hybridized carbons (Fsp3) is 0.551. The first kappa shape index (κ1) is 101. The van der Waals surface area contributed by atoms with E-state index in [0.29, 0.717) is 120 Å². The van der Waals surface area contributed by atoms with E-state index in [1.54, 1.807) is 30.7 Å². The zero-order valence-corrected chi connectivity index (χ0v) is 77.8. The molecular weight excluding hydrogens is 1660 g/mol. The van der Waals surface area contributed by atoms with Gasteiger partial charge in [-0.05, 0) is 200 Å². The molecule has 0 spiro atoms. The predicted molar refractivity (Wildman–Crippen MR) is 480 cm³/mol. The Balaban J connectivity index is 0.000000217. The van der Waals surface area contributed by atoms with Gasteiger partial charge in [0.1, 0.15) is 64.9 Å². The molecule has 4 aliphatic carbocycles. The van der Waals surface area contributed by atoms with E-state index in [2.05, 4.69) is 90.7 Å². The summed E-state index contributed by atoms with van der Waals surface area (Å²) in [4.78, 5) is 113. The number of ether oxygens (including phenoxy) is 2. The standard InChI is InChI=1S/2C24H35N5O2.C20H25ClN4O.C13H9ClF3N3O3S.C8H17NO.ClH/c2*1-16(2)14-22(30)17(3)29(6)24-19-8-7-9-20(19)26-23(27-24)21-15-18(10-11-25-21)31-13-12-28(4)5;1-12(2)10-18(26)13(3)25(4)20-15-6-5-7-16(15)23-19(24-20)17-11-14(21)8-9-22-17;14-7-4-5-18-10(6-7)11-19-9-3-1-2-8(9)12(20-11)23-24(21,22)13(15,16)17;1-5-7(4)8(10)9-6(2)3;/h2*10-11,15-17H,7-9,12-14H2,1-6H3;8-9,11-13H,5-7,10H2,1-4H3;4-6H,1-3H2;6-7H,5H2,1-4H3,(H,9,10);1H/t2*17-;;;;/m10..../s1. The summed E-state index contributed by atoms with van der Waals surface area (Å²) in [5.41, 5.74) is 4.05. The maximum absolute atomic E-state index is 12.7. The Morgan fingerprint density at radius 1 is 0.455 bits per heavy atom. The summed E-state index contributed by atoms with van der Waals surface area (Å²) < 4.78 is 76.2. The summed E-state index contributed by atoms with van der Waals surface area (Å²) in [5.74, 6) is 7.18. The van der Waals surface area contributed by atoms with Crippen LogP contribution in [-0.2, 0) is 80.7 Å². The number of halogens is 6. The van der Waals surface area contributed by atoms with E-state index in [4.69, 9.17) is 62.6 Å². The van der Waals surface area contributed by atoms with Crippen molar-refractivity contribution in [3.8, 4) is 63.5 Å². The Morgan fingerprint density at radius 3 is 1.07 bits per heavy atom. The van der Waals surface area contributed by atoms with Gasteiger partial charge in [0.2, 0.25) is 11.8 Å². The Hall–Kier alpha value is -9.27. The van der Waals surface area contributed by atoms with E-state index in [1.165, 1.54) is 18.3 Å². The number of hydrogen-bond acceptors (Lipinski definition) is 26. The third-order valence-electron chi connectivity index (χ3n) is 21.0. The number of amides is 1. The SMILES string of the molecule is CC(C)CC(=O)C(C)N(C)c1nc(-c2cc(Cl)ccn2)nc2c1CCC2.CC(C)CC(=O)[C@@H](C)N(C)c1nc(-c2cc(OCCN(C)C)ccn2)nc2c1CCC2.CC(C)CC(=O)[C@H](C)N(C)c1nc(-c2cc(OCCN(C)C)ccn2)nc2c1CCC2.CCC(C)C(=O)NC(C)C.Cl.O=S(=O)(Oc1nc(-c2cc(Cl)ccn2)nc2c1CCC2)C(F)(F)F. The van der Waals surface area contributed by atoms with Crippen molar-refractivity contribution < 1.29 is 54.4 Å². The van der Waals surface area contributed by atoms with Crippen LogP contribution in [0.25, 0.3) is 46.1 Å². The van der Waals surface area contributed by atoms with E-state index in [9.17, 15) is 40.8 Å². The zero-order chi connectivity index (χ0) is 89.6. The summed E-state index contributed by atoms with van der Waals surface area (Å²) in [6.07, 6.45) is 19.4. The highest BCUT2D eigenvalue weighted by Gasteiger charge is 2.49. The number of aryl methyl sites for hydroxylation is 4. The molecule has 1 amide bonds. The van der Waals surface area contributed by atoms with Crippen molar-refractivity contribution in [2.24, 2.45) is 23.7 Å². The van der Waals surface area contributed by atoms with Crippen molar-refractivity contribution in [1.82, 2.24) is 74.9 Å². The van der Waals surface area contributed by atoms with Crippen LogP contribution in [0.5, 0.6) is 17.4 Å². The summed E-state index contributed by atoms with van der Waals surface area (Å²) in [7, 11) is 8.12. The molecule has 123 heavy (non-hydrogen) atoms. The Bertz CT molecular complexity index is 4860. The number of hydrogen-bond donors (Lipinski definition) is 1. The first-order valence-corrected chi connectivity index (χ1v) is 44.2. The zero-order valence-electron chi connectivity index (χ0n) is 74.7. The van der Waals surface area contributed by atoms with Crippen LogP contribution >= 0.6 is 35.6 Å². The first-order chi connectivity index (χ1) is 57.6. The average molecular weight is 1780 g/mol. The van der Waals surface area contributed by atoms with Crippen molar-refractivity contribution in [2.75, 3.05) is 90.3 Å². The van der Waals surface area contributed by atoms with E-state index >= 15 is 0 Å². The number of ketones is 3. The second-order valence-corrected chi connectivity index (χ2v) is 35.8. The second kappa shape index (κ2) is 46.6. The second-order valence-electron chi connectivity index (χ2n) is 33.4. The van der Waals surface area contributed by atoms with Gasteiger partial charge in [-0.25, -0.2) is 34.9 Å². The number of alkyl halides is 3. The normalized spacial score (nSPS) is 14.0. The maximum atomic E-state index is 12.7. The van der Waals surface area contributed by atoms with Crippen molar-refractivity contribution in [3.63, 3.8) is 0 Å². The first-order valence-electron chi connectivity index (χ1n) is 42.0. The average Bonchev–Trinajstić information content (AvgIpc) is 1.76. The highest BCUT2D eigenvalue weighted by Crippen LogP contribution is 2.38. The molecule has 12 rings (SSSR count). The number of rotatable bonds is 32. The van der Waals surface area contributed by atoms with Gasteiger partial charge < -0.3 is 43.5 Å². The van der Waals surface area contributed by atoms with Gasteiger partial charge in [0.15, 0.2) is 40.6 Å². The van der Waals surface area contributed by atoms with Gasteiger partial charge in [-0.1, -0.05) is 78.6 Å². The molecule has 0 fully saturated rings. The van der Waals surface area contributed by atoms with Gasteiger partial charge in [0.05, 0.1) is 23.8 Å². The lowest BCUT2D eigenvalue weighted by atomic mass is 10.0. The predicted octanol–water partition coefficient (Wildman–Crippen LogP) is 15.8. The molecule has 8 aromatic rings. The topological polar surface area (TPSA) is 313 Å². The molecule has 2 unspecified atom stereocenters. The number of pyridine rings is 4. The van der Waals surface area contributed by atoms with Crippen LogP contribution in [-0.4, -0.2) is 207 Å². The third kappa shape index (κ3) is 28.9. The number of nitrogens with zero attached hydrogens (tertiary/aromatic N) is 17. The lowest BCUT2D eigenvalue weighted by Gasteiger charge is -2.27. The van der Waals surface area contributed by atoms with Gasteiger partial charge in [0.25, 0.3) is 0 Å². The monoisotopic (exact) mass is 1780 g/mol. The lowest BCUT2D eigenvalue weighted by molar-refractivity contribution is -0.125. The summed E-state index contributed by atoms with van der Waals surface area (Å²) in [6, 6.07) is 13.5. The van der Waals surface area contributed by atoms with Crippen LogP contribution in [0, 0.1) is 23.7 Å². The fourth-order valence-corrected chi connectivity index (χ4v) is 14.5. The highest BCUT2D eigenvalue weighted by atomic mass is 35.5. The lowest BCUT2D eigenvalue weighted by Crippen LogP contribution is -2.37. The largest absolute Gasteiger partial charge is 0.534 e. The van der Waals surface area contributed by atoms with E-state index in [1.807, 2.05) is 137 Å². The van der Waals surface area contributed by atoms with E-state index in [-0.39, 0.29) is 82.8 Å². The molecule has 0 saturated heterocycles. The summed E-state index contributed by atoms with van der Waals surface area (Å²) in [5, 5.41) is 3.79. The summed E-state index contributed by atoms with van der Waals surface area (Å²) in [6.45, 7) is 29.1. The Labute approximate surface area is 739 Å². The Morgan fingerprint density at radius 2 is 0.764 bits per heavy atom. The number of anilines is 3. The molecule has 1 N–H and O–H groups in total. The highest BCUT2D eigenvalue weighted by molar-refractivity contribution is 7.88. The molecule has 0 aromatic carbocycles. The van der Waals surface area contributed by atoms with Crippen molar-refractivity contribution in [2.45, 2.75) is 222 Å². The Kier molecular flexibility index (Phi) is 38.2. The minimum Gasteiger partial charge on any atom is -0.492 e. The van der Waals surface area contributed by atoms with Gasteiger partial charge in [-0.2, -0.15) is 26.6 Å². The molecular formula is C89H122Cl3F3N18O9S. The third-order valence-corrected chi connectivity index (χ3v) is 22.4. The molecule has 4 atom stereocenters. The van der Waals surface area contributed by atoms with Crippen LogP contribution in [0.3, 0.4) is 0 Å². The molecule has 4 aliphatic rings. The molecule has 34 heteroatoms. The molecule has 0 saturated carbocycles. The van der Waals surface area contributed by atoms with Crippen LogP contribution < -0.4 is 33.7 Å². The molecule has 0 bridgehead atoms. The number of nitrogens with one attached hydrogen (secondary N) is 1. The molecule has 0 aliphatic heterocycles. The number of fused-ring (bicyclic) bond motifs is 4. The van der Waals surface area contributed by atoms with Crippen molar-refractivity contribution in [1.29, 1.82) is 0 Å². The summed E-state index contributed by atoms with van der Waals surface area (Å²) >= 11 is 12.0. The van der Waals surface area contributed by atoms with Gasteiger partial charge in [-0.3, -0.25) is 39.1 Å². The van der Waals surface area contributed by atoms with Crippen molar-refractivity contribution in [3.05, 3.63) is 128 Å². The minimum atomic E-state index is -5.82. The van der Waals surface area contributed by atoms with Gasteiger partial charge in [-0.15, -0.1) is 12.4 Å². The fourth-order valence-electron chi connectivity index (χ4n) is 13.7.